The molecular formula is C16H25N. The standard InChI is InChI=1S/C16H25N/c1-13(2)7-6-12-17-16(15-10-11-15)14-8-4-3-5-9-14/h3-5,8-9,13,15-17H,6-7,10-12H2,1-2H3. The maximum absolute atomic E-state index is 3.75. The van der Waals surface area contributed by atoms with Crippen LogP contribution in [0.25, 0.3) is 0 Å². The molecule has 0 aliphatic heterocycles. The lowest BCUT2D eigenvalue weighted by atomic mass is 10.0. The highest BCUT2D eigenvalue weighted by Crippen LogP contribution is 2.40. The first kappa shape index (κ1) is 12.6. The number of rotatable bonds is 7. The second-order valence-corrected chi connectivity index (χ2v) is 5.72. The van der Waals surface area contributed by atoms with Gasteiger partial charge in [0.1, 0.15) is 0 Å². The molecular weight excluding hydrogens is 206 g/mol. The number of hydrogen-bond donors (Lipinski definition) is 1. The quantitative estimate of drug-likeness (QED) is 0.695. The summed E-state index contributed by atoms with van der Waals surface area (Å²) in [5.41, 5.74) is 1.47. The zero-order valence-corrected chi connectivity index (χ0v) is 11.2. The second kappa shape index (κ2) is 6.20. The zero-order chi connectivity index (χ0) is 12.1. The van der Waals surface area contributed by atoms with Gasteiger partial charge in [-0.3, -0.25) is 0 Å². The van der Waals surface area contributed by atoms with Gasteiger partial charge >= 0.3 is 0 Å². The molecule has 0 aromatic heterocycles. The predicted molar refractivity (Wildman–Crippen MR) is 74.0 cm³/mol. The van der Waals surface area contributed by atoms with Gasteiger partial charge in [-0.1, -0.05) is 44.2 Å². The molecule has 1 aliphatic rings. The fourth-order valence-electron chi connectivity index (χ4n) is 2.41. The van der Waals surface area contributed by atoms with Crippen LogP contribution in [0.2, 0.25) is 0 Å². The maximum Gasteiger partial charge on any atom is 0.0348 e. The van der Waals surface area contributed by atoms with Gasteiger partial charge in [-0.2, -0.15) is 0 Å². The van der Waals surface area contributed by atoms with Crippen LogP contribution < -0.4 is 5.32 Å². The van der Waals surface area contributed by atoms with Crippen LogP contribution in [0.3, 0.4) is 0 Å². The molecule has 1 saturated carbocycles. The van der Waals surface area contributed by atoms with E-state index in [0.29, 0.717) is 6.04 Å². The van der Waals surface area contributed by atoms with E-state index >= 15 is 0 Å². The van der Waals surface area contributed by atoms with Crippen molar-refractivity contribution >= 4 is 0 Å². The van der Waals surface area contributed by atoms with E-state index in [-0.39, 0.29) is 0 Å². The average molecular weight is 231 g/mol. The molecule has 1 aliphatic carbocycles. The van der Waals surface area contributed by atoms with Crippen LogP contribution in [-0.4, -0.2) is 6.54 Å². The summed E-state index contributed by atoms with van der Waals surface area (Å²) >= 11 is 0. The van der Waals surface area contributed by atoms with Gasteiger partial charge in [0.05, 0.1) is 0 Å². The van der Waals surface area contributed by atoms with E-state index in [1.807, 2.05) is 0 Å². The van der Waals surface area contributed by atoms with E-state index < -0.39 is 0 Å². The summed E-state index contributed by atoms with van der Waals surface area (Å²) in [6, 6.07) is 11.5. The van der Waals surface area contributed by atoms with E-state index in [2.05, 4.69) is 49.5 Å². The van der Waals surface area contributed by atoms with Gasteiger partial charge in [0, 0.05) is 6.04 Å². The molecule has 1 aromatic rings. The highest BCUT2D eigenvalue weighted by Gasteiger charge is 2.31. The van der Waals surface area contributed by atoms with Crippen molar-refractivity contribution in [3.8, 4) is 0 Å². The lowest BCUT2D eigenvalue weighted by Gasteiger charge is -2.19. The highest BCUT2D eigenvalue weighted by atomic mass is 14.9. The highest BCUT2D eigenvalue weighted by molar-refractivity contribution is 5.21. The Balaban J connectivity index is 1.82. The minimum absolute atomic E-state index is 0.600. The van der Waals surface area contributed by atoms with Gasteiger partial charge in [-0.25, -0.2) is 0 Å². The van der Waals surface area contributed by atoms with Gasteiger partial charge in [0.15, 0.2) is 0 Å². The third-order valence-corrected chi connectivity index (χ3v) is 3.57. The number of nitrogens with one attached hydrogen (secondary N) is 1. The first-order chi connectivity index (χ1) is 8.27. The van der Waals surface area contributed by atoms with Crippen LogP contribution in [0, 0.1) is 11.8 Å². The Hall–Kier alpha value is -0.820. The van der Waals surface area contributed by atoms with Gasteiger partial charge in [-0.05, 0) is 49.6 Å². The summed E-state index contributed by atoms with van der Waals surface area (Å²) in [7, 11) is 0. The molecule has 0 spiro atoms. The minimum atomic E-state index is 0.600. The maximum atomic E-state index is 3.75. The zero-order valence-electron chi connectivity index (χ0n) is 11.2. The first-order valence-electron chi connectivity index (χ1n) is 7.05. The Morgan fingerprint density at radius 3 is 2.47 bits per heavy atom. The summed E-state index contributed by atoms with van der Waals surface area (Å²) in [5, 5.41) is 3.75. The third-order valence-electron chi connectivity index (χ3n) is 3.57. The third kappa shape index (κ3) is 4.16. The average Bonchev–Trinajstić information content (AvgIpc) is 3.14. The number of benzene rings is 1. The molecule has 0 radical (unpaired) electrons. The molecule has 94 valence electrons. The van der Waals surface area contributed by atoms with E-state index in [9.17, 15) is 0 Å². The lowest BCUT2D eigenvalue weighted by molar-refractivity contribution is 0.450. The first-order valence-corrected chi connectivity index (χ1v) is 7.05. The normalized spacial score (nSPS) is 17.4. The van der Waals surface area contributed by atoms with Crippen molar-refractivity contribution in [2.24, 2.45) is 11.8 Å². The monoisotopic (exact) mass is 231 g/mol. The SMILES string of the molecule is CC(C)CCCNC(c1ccccc1)C1CC1. The van der Waals surface area contributed by atoms with E-state index in [4.69, 9.17) is 0 Å². The molecule has 2 rings (SSSR count). The van der Waals surface area contributed by atoms with E-state index in [0.717, 1.165) is 18.4 Å². The van der Waals surface area contributed by atoms with Crippen LogP contribution in [0.5, 0.6) is 0 Å². The van der Waals surface area contributed by atoms with Crippen LogP contribution in [-0.2, 0) is 0 Å². The molecule has 1 N–H and O–H groups in total. The Bertz CT molecular complexity index is 314. The minimum Gasteiger partial charge on any atom is -0.310 e. The largest absolute Gasteiger partial charge is 0.310 e. The molecule has 0 amide bonds. The van der Waals surface area contributed by atoms with E-state index in [1.165, 1.54) is 31.2 Å². The topological polar surface area (TPSA) is 12.0 Å². The van der Waals surface area contributed by atoms with Crippen LogP contribution >= 0.6 is 0 Å². The van der Waals surface area contributed by atoms with Crippen LogP contribution in [0.15, 0.2) is 30.3 Å². The van der Waals surface area contributed by atoms with Crippen molar-refractivity contribution in [1.82, 2.24) is 5.32 Å². The fraction of sp³-hybridized carbons (Fsp3) is 0.625. The lowest BCUT2D eigenvalue weighted by Crippen LogP contribution is -2.24. The molecule has 0 heterocycles. The molecule has 1 nitrogen and oxygen atoms in total. The van der Waals surface area contributed by atoms with Crippen molar-refractivity contribution in [1.29, 1.82) is 0 Å². The van der Waals surface area contributed by atoms with Crippen molar-refractivity contribution in [2.45, 2.75) is 45.6 Å². The summed E-state index contributed by atoms with van der Waals surface area (Å²) in [6.07, 6.45) is 5.43. The van der Waals surface area contributed by atoms with Crippen molar-refractivity contribution < 1.29 is 0 Å². The predicted octanol–water partition coefficient (Wildman–Crippen LogP) is 4.16. The summed E-state index contributed by atoms with van der Waals surface area (Å²) in [5.74, 6) is 1.71. The van der Waals surface area contributed by atoms with Gasteiger partial charge in [-0.15, -0.1) is 0 Å². The summed E-state index contributed by atoms with van der Waals surface area (Å²) in [4.78, 5) is 0. The summed E-state index contributed by atoms with van der Waals surface area (Å²) in [6.45, 7) is 5.76. The molecule has 1 fully saturated rings. The van der Waals surface area contributed by atoms with E-state index in [1.54, 1.807) is 0 Å². The Kier molecular flexibility index (Phi) is 4.61. The molecule has 17 heavy (non-hydrogen) atoms. The molecule has 1 aromatic carbocycles. The number of hydrogen-bond acceptors (Lipinski definition) is 1. The van der Waals surface area contributed by atoms with Gasteiger partial charge in [0.2, 0.25) is 0 Å². The van der Waals surface area contributed by atoms with Crippen molar-refractivity contribution in [2.75, 3.05) is 6.54 Å². The Morgan fingerprint density at radius 1 is 1.18 bits per heavy atom. The fourth-order valence-corrected chi connectivity index (χ4v) is 2.41. The molecule has 1 unspecified atom stereocenters. The smallest absolute Gasteiger partial charge is 0.0348 e. The van der Waals surface area contributed by atoms with Crippen LogP contribution in [0.1, 0.15) is 51.1 Å². The Labute approximate surface area is 106 Å². The molecule has 0 bridgehead atoms. The molecule has 1 atom stereocenters. The van der Waals surface area contributed by atoms with Gasteiger partial charge in [0.25, 0.3) is 0 Å². The van der Waals surface area contributed by atoms with Gasteiger partial charge < -0.3 is 5.32 Å². The molecule has 0 saturated heterocycles. The molecule has 1 heteroatoms. The van der Waals surface area contributed by atoms with Crippen molar-refractivity contribution in [3.63, 3.8) is 0 Å². The Morgan fingerprint density at radius 2 is 1.88 bits per heavy atom. The summed E-state index contributed by atoms with van der Waals surface area (Å²) < 4.78 is 0. The van der Waals surface area contributed by atoms with Crippen LogP contribution in [0.4, 0.5) is 0 Å². The van der Waals surface area contributed by atoms with Crippen molar-refractivity contribution in [3.05, 3.63) is 35.9 Å². The second-order valence-electron chi connectivity index (χ2n) is 5.72.